The van der Waals surface area contributed by atoms with Gasteiger partial charge >= 0.3 is 0 Å². The van der Waals surface area contributed by atoms with Crippen LogP contribution in [-0.2, 0) is 4.79 Å². The predicted molar refractivity (Wildman–Crippen MR) is 112 cm³/mol. The number of unbranched alkanes of at least 4 members (excludes halogenated alkanes) is 1. The molecule has 0 aromatic heterocycles. The Hall–Kier alpha value is -0.570. The number of carbonyl (C=O) groups excluding carboxylic acids is 1. The van der Waals surface area contributed by atoms with Crippen molar-refractivity contribution in [1.29, 1.82) is 0 Å². The lowest BCUT2D eigenvalue weighted by Gasteiger charge is -2.36. The van der Waals surface area contributed by atoms with Crippen LogP contribution in [0.25, 0.3) is 0 Å². The Balaban J connectivity index is 0.00000529. The molecule has 0 atom stereocenters. The molecule has 0 unspecified atom stereocenters. The summed E-state index contributed by atoms with van der Waals surface area (Å²) in [5.74, 6) is 1.17. The van der Waals surface area contributed by atoms with E-state index >= 15 is 0 Å². The molecule has 1 aliphatic rings. The lowest BCUT2D eigenvalue weighted by atomic mass is 10.3. The van der Waals surface area contributed by atoms with Crippen LogP contribution in [0.4, 0.5) is 0 Å². The number of piperazine rings is 1. The second kappa shape index (κ2) is 13.7. The van der Waals surface area contributed by atoms with Gasteiger partial charge in [0.1, 0.15) is 0 Å². The molecule has 24 heavy (non-hydrogen) atoms. The minimum atomic E-state index is 0. The van der Waals surface area contributed by atoms with E-state index in [1.165, 1.54) is 6.42 Å². The Kier molecular flexibility index (Phi) is 13.4. The SMILES string of the molecule is CCNC(=NCCCCN(CC)CC)N1CCN(C(C)=O)CC1.I. The maximum Gasteiger partial charge on any atom is 0.219 e. The van der Waals surface area contributed by atoms with Gasteiger partial charge in [0.25, 0.3) is 0 Å². The van der Waals surface area contributed by atoms with E-state index in [9.17, 15) is 4.79 Å². The molecule has 1 N–H and O–H groups in total. The topological polar surface area (TPSA) is 51.2 Å². The van der Waals surface area contributed by atoms with Crippen LogP contribution >= 0.6 is 24.0 Å². The number of nitrogens with zero attached hydrogens (tertiary/aromatic N) is 4. The van der Waals surface area contributed by atoms with E-state index in [0.29, 0.717) is 0 Å². The summed E-state index contributed by atoms with van der Waals surface area (Å²) in [6.45, 7) is 16.7. The van der Waals surface area contributed by atoms with Crippen molar-refractivity contribution in [2.45, 2.75) is 40.5 Å². The summed E-state index contributed by atoms with van der Waals surface area (Å²) in [5, 5.41) is 3.38. The molecule has 0 aromatic rings. The van der Waals surface area contributed by atoms with Gasteiger partial charge in [-0.3, -0.25) is 9.79 Å². The molecule has 1 rings (SSSR count). The van der Waals surface area contributed by atoms with Crippen LogP contribution in [0, 0.1) is 0 Å². The molecule has 142 valence electrons. The third-order valence-electron chi connectivity index (χ3n) is 4.40. The summed E-state index contributed by atoms with van der Waals surface area (Å²) < 4.78 is 0. The van der Waals surface area contributed by atoms with Gasteiger partial charge < -0.3 is 20.0 Å². The summed E-state index contributed by atoms with van der Waals surface area (Å²) >= 11 is 0. The third-order valence-corrected chi connectivity index (χ3v) is 4.40. The Morgan fingerprint density at radius 2 is 1.62 bits per heavy atom. The summed E-state index contributed by atoms with van der Waals surface area (Å²) in [7, 11) is 0. The number of rotatable bonds is 8. The Bertz CT molecular complexity index is 366. The normalized spacial score (nSPS) is 15.5. The van der Waals surface area contributed by atoms with E-state index in [-0.39, 0.29) is 29.9 Å². The van der Waals surface area contributed by atoms with Gasteiger partial charge in [0, 0.05) is 46.2 Å². The monoisotopic (exact) mass is 453 g/mol. The van der Waals surface area contributed by atoms with Gasteiger partial charge in [-0.15, -0.1) is 24.0 Å². The molecular weight excluding hydrogens is 417 g/mol. The molecule has 0 aliphatic carbocycles. The zero-order valence-corrected chi connectivity index (χ0v) is 18.2. The second-order valence-electron chi connectivity index (χ2n) is 5.96. The number of halogens is 1. The fourth-order valence-electron chi connectivity index (χ4n) is 2.83. The molecule has 1 amide bonds. The molecule has 7 heteroatoms. The molecule has 0 radical (unpaired) electrons. The molecule has 0 bridgehead atoms. The van der Waals surface area contributed by atoms with E-state index in [1.54, 1.807) is 6.92 Å². The van der Waals surface area contributed by atoms with Gasteiger partial charge in [-0.1, -0.05) is 13.8 Å². The summed E-state index contributed by atoms with van der Waals surface area (Å²) in [4.78, 5) is 22.8. The van der Waals surface area contributed by atoms with E-state index in [1.807, 2.05) is 4.90 Å². The first-order chi connectivity index (χ1) is 11.1. The van der Waals surface area contributed by atoms with Crippen LogP contribution in [0.2, 0.25) is 0 Å². The van der Waals surface area contributed by atoms with Gasteiger partial charge in [0.15, 0.2) is 5.96 Å². The third kappa shape index (κ3) is 8.50. The van der Waals surface area contributed by atoms with E-state index in [0.717, 1.165) is 71.3 Å². The van der Waals surface area contributed by atoms with Crippen molar-refractivity contribution in [3.05, 3.63) is 0 Å². The van der Waals surface area contributed by atoms with Crippen molar-refractivity contribution in [3.63, 3.8) is 0 Å². The molecule has 1 heterocycles. The highest BCUT2D eigenvalue weighted by atomic mass is 127. The van der Waals surface area contributed by atoms with Gasteiger partial charge in [0.05, 0.1) is 0 Å². The predicted octanol–water partition coefficient (Wildman–Crippen LogP) is 1.86. The molecule has 0 spiro atoms. The molecule has 6 nitrogen and oxygen atoms in total. The lowest BCUT2D eigenvalue weighted by Crippen LogP contribution is -2.53. The molecule has 1 saturated heterocycles. The number of guanidine groups is 1. The van der Waals surface area contributed by atoms with Crippen LogP contribution in [0.15, 0.2) is 4.99 Å². The minimum absolute atomic E-state index is 0. The first kappa shape index (κ1) is 23.4. The standard InChI is InChI=1S/C17H35N5O.HI/c1-5-18-17(19-10-8-9-11-20(6-2)7-3)22-14-12-21(13-15-22)16(4)23;/h5-15H2,1-4H3,(H,18,19);1H. The first-order valence-corrected chi connectivity index (χ1v) is 9.13. The van der Waals surface area contributed by atoms with Crippen LogP contribution in [-0.4, -0.2) is 85.5 Å². The van der Waals surface area contributed by atoms with Crippen molar-refractivity contribution < 1.29 is 4.79 Å². The van der Waals surface area contributed by atoms with Crippen LogP contribution in [0.5, 0.6) is 0 Å². The van der Waals surface area contributed by atoms with E-state index < -0.39 is 0 Å². The molecule has 1 fully saturated rings. The van der Waals surface area contributed by atoms with Crippen molar-refractivity contribution in [1.82, 2.24) is 20.0 Å². The zero-order valence-electron chi connectivity index (χ0n) is 15.9. The van der Waals surface area contributed by atoms with Crippen LogP contribution in [0.3, 0.4) is 0 Å². The van der Waals surface area contributed by atoms with Gasteiger partial charge in [-0.05, 0) is 39.4 Å². The zero-order chi connectivity index (χ0) is 17.1. The van der Waals surface area contributed by atoms with E-state index in [4.69, 9.17) is 4.99 Å². The van der Waals surface area contributed by atoms with Gasteiger partial charge in [-0.2, -0.15) is 0 Å². The first-order valence-electron chi connectivity index (χ1n) is 9.13. The number of nitrogens with one attached hydrogen (secondary N) is 1. The summed E-state index contributed by atoms with van der Waals surface area (Å²) in [5.41, 5.74) is 0. The maximum absolute atomic E-state index is 11.4. The van der Waals surface area contributed by atoms with Gasteiger partial charge in [-0.25, -0.2) is 0 Å². The Labute approximate surface area is 165 Å². The average Bonchev–Trinajstić information content (AvgIpc) is 2.57. The van der Waals surface area contributed by atoms with Gasteiger partial charge in [0.2, 0.25) is 5.91 Å². The molecule has 0 saturated carbocycles. The Morgan fingerprint density at radius 3 is 2.12 bits per heavy atom. The fraction of sp³-hybridized carbons (Fsp3) is 0.882. The molecule has 0 aromatic carbocycles. The second-order valence-corrected chi connectivity index (χ2v) is 5.96. The number of hydrogen-bond donors (Lipinski definition) is 1. The fourth-order valence-corrected chi connectivity index (χ4v) is 2.83. The number of aliphatic imine (C=N–C) groups is 1. The maximum atomic E-state index is 11.4. The summed E-state index contributed by atoms with van der Waals surface area (Å²) in [6, 6.07) is 0. The average molecular weight is 453 g/mol. The highest BCUT2D eigenvalue weighted by Crippen LogP contribution is 2.03. The summed E-state index contributed by atoms with van der Waals surface area (Å²) in [6.07, 6.45) is 2.32. The molecule has 1 aliphatic heterocycles. The van der Waals surface area contributed by atoms with Crippen LogP contribution < -0.4 is 5.32 Å². The van der Waals surface area contributed by atoms with E-state index in [2.05, 4.69) is 35.9 Å². The Morgan fingerprint density at radius 1 is 1.04 bits per heavy atom. The highest BCUT2D eigenvalue weighted by molar-refractivity contribution is 14.0. The largest absolute Gasteiger partial charge is 0.357 e. The quantitative estimate of drug-likeness (QED) is 0.264. The lowest BCUT2D eigenvalue weighted by molar-refractivity contribution is -0.130. The van der Waals surface area contributed by atoms with Crippen molar-refractivity contribution in [2.75, 3.05) is 58.9 Å². The minimum Gasteiger partial charge on any atom is -0.357 e. The smallest absolute Gasteiger partial charge is 0.219 e. The van der Waals surface area contributed by atoms with Crippen LogP contribution in [0.1, 0.15) is 40.5 Å². The van der Waals surface area contributed by atoms with Crippen molar-refractivity contribution in [2.24, 2.45) is 4.99 Å². The number of carbonyl (C=O) groups is 1. The number of hydrogen-bond acceptors (Lipinski definition) is 3. The number of amides is 1. The molecular formula is C17H36IN5O. The van der Waals surface area contributed by atoms with Crippen molar-refractivity contribution in [3.8, 4) is 0 Å². The highest BCUT2D eigenvalue weighted by Gasteiger charge is 2.20. The van der Waals surface area contributed by atoms with Crippen molar-refractivity contribution >= 4 is 35.8 Å².